The molecule has 1 unspecified atom stereocenters. The topological polar surface area (TPSA) is 79.5 Å². The molecule has 0 fully saturated rings. The molecule has 1 atom stereocenters. The van der Waals surface area contributed by atoms with E-state index < -0.39 is 17.6 Å². The Hall–Kier alpha value is -2.30. The minimum Gasteiger partial charge on any atom is -0.366 e. The number of alkyl halides is 3. The van der Waals surface area contributed by atoms with Gasteiger partial charge in [-0.05, 0) is 48.6 Å². The molecule has 170 valence electrons. The number of carbonyl (C=O) groups excluding carboxylic acids is 1. The van der Waals surface area contributed by atoms with Crippen LogP contribution in [0.15, 0.2) is 53.5 Å². The number of primary amides is 1. The Morgan fingerprint density at radius 2 is 1.81 bits per heavy atom. The fourth-order valence-electron chi connectivity index (χ4n) is 2.88. The normalized spacial score (nSPS) is 12.6. The first-order chi connectivity index (χ1) is 14.2. The van der Waals surface area contributed by atoms with E-state index in [-0.39, 0.29) is 29.9 Å². The van der Waals surface area contributed by atoms with E-state index in [4.69, 9.17) is 5.73 Å². The SMILES string of the molecule is CCNC(=NCc1ccc(C(N)=O)cc1)NCCC(C)c1cccc(C(F)(F)F)c1.I. The molecule has 2 rings (SSSR count). The second kappa shape index (κ2) is 12.5. The fourth-order valence-corrected chi connectivity index (χ4v) is 2.88. The number of nitrogens with two attached hydrogens (primary N) is 1. The molecule has 1 amide bonds. The molecule has 0 heterocycles. The van der Waals surface area contributed by atoms with Crippen molar-refractivity contribution >= 4 is 35.8 Å². The van der Waals surface area contributed by atoms with Crippen LogP contribution in [-0.2, 0) is 12.7 Å². The van der Waals surface area contributed by atoms with Crippen molar-refractivity contribution < 1.29 is 18.0 Å². The van der Waals surface area contributed by atoms with Gasteiger partial charge >= 0.3 is 6.18 Å². The van der Waals surface area contributed by atoms with Gasteiger partial charge in [-0.15, -0.1) is 24.0 Å². The smallest absolute Gasteiger partial charge is 0.366 e. The molecule has 0 aliphatic heterocycles. The van der Waals surface area contributed by atoms with Gasteiger partial charge in [0.05, 0.1) is 12.1 Å². The van der Waals surface area contributed by atoms with Gasteiger partial charge in [-0.2, -0.15) is 13.2 Å². The number of benzene rings is 2. The zero-order valence-electron chi connectivity index (χ0n) is 17.5. The summed E-state index contributed by atoms with van der Waals surface area (Å²) in [6.07, 6.45) is -3.69. The van der Waals surface area contributed by atoms with E-state index in [1.165, 1.54) is 12.1 Å². The third-order valence-electron chi connectivity index (χ3n) is 4.66. The van der Waals surface area contributed by atoms with Crippen molar-refractivity contribution in [1.29, 1.82) is 0 Å². The minimum absolute atomic E-state index is 0. The Balaban J connectivity index is 0.00000480. The van der Waals surface area contributed by atoms with Crippen LogP contribution in [0.5, 0.6) is 0 Å². The molecular formula is C22H28F3IN4O. The molecule has 2 aromatic carbocycles. The summed E-state index contributed by atoms with van der Waals surface area (Å²) in [7, 11) is 0. The average molecular weight is 548 g/mol. The van der Waals surface area contributed by atoms with Crippen LogP contribution in [0.2, 0.25) is 0 Å². The third kappa shape index (κ3) is 8.76. The minimum atomic E-state index is -4.34. The van der Waals surface area contributed by atoms with Crippen molar-refractivity contribution in [2.24, 2.45) is 10.7 Å². The van der Waals surface area contributed by atoms with Crippen molar-refractivity contribution in [3.8, 4) is 0 Å². The second-order valence-electron chi connectivity index (χ2n) is 7.00. The molecule has 0 aromatic heterocycles. The molecule has 5 nitrogen and oxygen atoms in total. The van der Waals surface area contributed by atoms with Gasteiger partial charge in [0.1, 0.15) is 0 Å². The Kier molecular flexibility index (Phi) is 10.8. The molecule has 0 saturated carbocycles. The molecule has 0 radical (unpaired) electrons. The summed E-state index contributed by atoms with van der Waals surface area (Å²) >= 11 is 0. The van der Waals surface area contributed by atoms with E-state index >= 15 is 0 Å². The molecule has 0 bridgehead atoms. The second-order valence-corrected chi connectivity index (χ2v) is 7.00. The van der Waals surface area contributed by atoms with E-state index in [1.54, 1.807) is 30.3 Å². The van der Waals surface area contributed by atoms with Crippen molar-refractivity contribution in [2.75, 3.05) is 13.1 Å². The van der Waals surface area contributed by atoms with Crippen LogP contribution in [0.4, 0.5) is 13.2 Å². The monoisotopic (exact) mass is 548 g/mol. The maximum absolute atomic E-state index is 12.9. The molecule has 4 N–H and O–H groups in total. The van der Waals surface area contributed by atoms with Crippen molar-refractivity contribution in [1.82, 2.24) is 10.6 Å². The maximum Gasteiger partial charge on any atom is 0.416 e. The Morgan fingerprint density at radius 3 is 2.39 bits per heavy atom. The van der Waals surface area contributed by atoms with E-state index in [2.05, 4.69) is 15.6 Å². The number of hydrogen-bond acceptors (Lipinski definition) is 2. The van der Waals surface area contributed by atoms with Gasteiger partial charge in [0.2, 0.25) is 5.91 Å². The molecule has 9 heteroatoms. The predicted molar refractivity (Wildman–Crippen MR) is 128 cm³/mol. The molecule has 2 aromatic rings. The number of amides is 1. The fraction of sp³-hybridized carbons (Fsp3) is 0.364. The summed E-state index contributed by atoms with van der Waals surface area (Å²) in [5, 5.41) is 6.35. The van der Waals surface area contributed by atoms with Crippen LogP contribution in [0.25, 0.3) is 0 Å². The lowest BCUT2D eigenvalue weighted by atomic mass is 9.96. The highest BCUT2D eigenvalue weighted by atomic mass is 127. The van der Waals surface area contributed by atoms with Gasteiger partial charge in [-0.1, -0.05) is 37.3 Å². The number of halogens is 4. The Morgan fingerprint density at radius 1 is 1.13 bits per heavy atom. The van der Waals surface area contributed by atoms with E-state index in [0.29, 0.717) is 43.1 Å². The summed E-state index contributed by atoms with van der Waals surface area (Å²) < 4.78 is 38.7. The van der Waals surface area contributed by atoms with E-state index in [1.807, 2.05) is 13.8 Å². The number of hydrogen-bond donors (Lipinski definition) is 3. The quantitative estimate of drug-likeness (QED) is 0.255. The first kappa shape index (κ1) is 26.7. The summed E-state index contributed by atoms with van der Waals surface area (Å²) in [6.45, 7) is 5.50. The Bertz CT molecular complexity index is 870. The Labute approximate surface area is 197 Å². The number of nitrogens with zero attached hydrogens (tertiary/aromatic N) is 1. The van der Waals surface area contributed by atoms with Crippen LogP contribution in [0.3, 0.4) is 0 Å². The van der Waals surface area contributed by atoms with Gasteiger partial charge in [-0.25, -0.2) is 4.99 Å². The van der Waals surface area contributed by atoms with Crippen LogP contribution in [-0.4, -0.2) is 25.0 Å². The number of guanidine groups is 1. The summed E-state index contributed by atoms with van der Waals surface area (Å²) in [6, 6.07) is 12.4. The number of carbonyl (C=O) groups is 1. The highest BCUT2D eigenvalue weighted by Crippen LogP contribution is 2.31. The number of aliphatic imine (C=N–C) groups is 1. The summed E-state index contributed by atoms with van der Waals surface area (Å²) in [5.41, 5.74) is 6.63. The first-order valence-electron chi connectivity index (χ1n) is 9.78. The lowest BCUT2D eigenvalue weighted by Gasteiger charge is -2.16. The lowest BCUT2D eigenvalue weighted by molar-refractivity contribution is -0.137. The van der Waals surface area contributed by atoms with Crippen molar-refractivity contribution in [3.05, 3.63) is 70.8 Å². The first-order valence-corrected chi connectivity index (χ1v) is 9.78. The standard InChI is InChI=1S/C22H27F3N4O.HI/c1-3-27-21(29-14-16-7-9-17(10-8-16)20(26)30)28-12-11-15(2)18-5-4-6-19(13-18)22(23,24)25;/h4-10,13,15H,3,11-12,14H2,1-2H3,(H2,26,30)(H2,27,28,29);1H. The molecule has 0 spiro atoms. The van der Waals surface area contributed by atoms with E-state index in [9.17, 15) is 18.0 Å². The van der Waals surface area contributed by atoms with Gasteiger partial charge in [0, 0.05) is 18.7 Å². The van der Waals surface area contributed by atoms with Gasteiger partial charge in [0.25, 0.3) is 0 Å². The van der Waals surface area contributed by atoms with E-state index in [0.717, 1.165) is 11.6 Å². The third-order valence-corrected chi connectivity index (χ3v) is 4.66. The van der Waals surface area contributed by atoms with Crippen molar-refractivity contribution in [3.63, 3.8) is 0 Å². The molecule has 0 saturated heterocycles. The molecule has 31 heavy (non-hydrogen) atoms. The average Bonchev–Trinajstić information content (AvgIpc) is 2.71. The number of rotatable bonds is 8. The molecular weight excluding hydrogens is 520 g/mol. The van der Waals surface area contributed by atoms with Crippen LogP contribution < -0.4 is 16.4 Å². The number of nitrogens with one attached hydrogen (secondary N) is 2. The van der Waals surface area contributed by atoms with Crippen LogP contribution in [0.1, 0.15) is 53.2 Å². The van der Waals surface area contributed by atoms with Crippen molar-refractivity contribution in [2.45, 2.75) is 38.9 Å². The highest BCUT2D eigenvalue weighted by molar-refractivity contribution is 14.0. The molecule has 0 aliphatic carbocycles. The van der Waals surface area contributed by atoms with Crippen LogP contribution in [0, 0.1) is 0 Å². The zero-order valence-corrected chi connectivity index (χ0v) is 19.8. The predicted octanol–water partition coefficient (Wildman–Crippen LogP) is 4.67. The largest absolute Gasteiger partial charge is 0.416 e. The van der Waals surface area contributed by atoms with Gasteiger partial charge in [-0.3, -0.25) is 4.79 Å². The highest BCUT2D eigenvalue weighted by Gasteiger charge is 2.30. The van der Waals surface area contributed by atoms with Crippen LogP contribution >= 0.6 is 24.0 Å². The summed E-state index contributed by atoms with van der Waals surface area (Å²) in [5.74, 6) is 0.103. The van der Waals surface area contributed by atoms with Gasteiger partial charge in [0.15, 0.2) is 5.96 Å². The van der Waals surface area contributed by atoms with Gasteiger partial charge < -0.3 is 16.4 Å². The summed E-state index contributed by atoms with van der Waals surface area (Å²) in [4.78, 5) is 15.6. The lowest BCUT2D eigenvalue weighted by Crippen LogP contribution is -2.38. The maximum atomic E-state index is 12.9. The zero-order chi connectivity index (χ0) is 22.1. The molecule has 0 aliphatic rings.